The molecule has 0 bridgehead atoms. The van der Waals surface area contributed by atoms with E-state index in [1.165, 1.54) is 36.4 Å². The van der Waals surface area contributed by atoms with Crippen molar-refractivity contribution in [3.8, 4) is 0 Å². The molecule has 26 heavy (non-hydrogen) atoms. The Balaban J connectivity index is 1.57. The molecule has 2 aromatic rings. The summed E-state index contributed by atoms with van der Waals surface area (Å²) in [7, 11) is -3.64. The molecular weight excluding hydrogens is 379 g/mol. The first-order chi connectivity index (χ1) is 12.3. The summed E-state index contributed by atoms with van der Waals surface area (Å²) in [5.41, 5.74) is 0.835. The van der Waals surface area contributed by atoms with Gasteiger partial charge in [0, 0.05) is 31.1 Å². The molecule has 0 radical (unpaired) electrons. The Morgan fingerprint density at radius 1 is 1.12 bits per heavy atom. The largest absolute Gasteiger partial charge is 0.338 e. The number of halogens is 2. The molecule has 3 rings (SSSR count). The second kappa shape index (κ2) is 7.73. The van der Waals surface area contributed by atoms with E-state index in [-0.39, 0.29) is 35.5 Å². The Labute approximate surface area is 156 Å². The number of carbonyl (C=O) groups excluding carboxylic acids is 1. The summed E-state index contributed by atoms with van der Waals surface area (Å²) in [5, 5.41) is 0.460. The molecule has 0 unspecified atom stereocenters. The number of carbonyl (C=O) groups is 1. The van der Waals surface area contributed by atoms with Crippen LogP contribution < -0.4 is 4.72 Å². The van der Waals surface area contributed by atoms with Gasteiger partial charge in [0.2, 0.25) is 15.9 Å². The molecular formula is C18H18ClFN2O3S. The fraction of sp³-hybridized carbons (Fsp3) is 0.278. The van der Waals surface area contributed by atoms with Crippen molar-refractivity contribution in [3.63, 3.8) is 0 Å². The molecule has 1 aliphatic heterocycles. The van der Waals surface area contributed by atoms with E-state index in [0.29, 0.717) is 18.1 Å². The molecule has 0 spiro atoms. The molecule has 138 valence electrons. The van der Waals surface area contributed by atoms with E-state index in [1.54, 1.807) is 17.0 Å². The summed E-state index contributed by atoms with van der Waals surface area (Å²) in [6.45, 7) is 1.02. The lowest BCUT2D eigenvalue weighted by atomic mass is 10.1. The zero-order chi connectivity index (χ0) is 18.7. The molecule has 1 N–H and O–H groups in total. The van der Waals surface area contributed by atoms with Gasteiger partial charge in [0.15, 0.2) is 0 Å². The highest BCUT2D eigenvalue weighted by Crippen LogP contribution is 2.21. The van der Waals surface area contributed by atoms with Crippen LogP contribution in [-0.4, -0.2) is 32.3 Å². The molecule has 1 atom stereocenters. The third-order valence-corrected chi connectivity index (χ3v) is 5.96. The molecule has 1 heterocycles. The highest BCUT2D eigenvalue weighted by atomic mass is 35.5. The van der Waals surface area contributed by atoms with Gasteiger partial charge in [-0.1, -0.05) is 23.7 Å². The lowest BCUT2D eigenvalue weighted by Gasteiger charge is -2.17. The van der Waals surface area contributed by atoms with E-state index in [9.17, 15) is 17.6 Å². The molecule has 1 fully saturated rings. The van der Waals surface area contributed by atoms with E-state index in [1.807, 2.05) is 0 Å². The monoisotopic (exact) mass is 396 g/mol. The average Bonchev–Trinajstić information content (AvgIpc) is 2.95. The predicted molar refractivity (Wildman–Crippen MR) is 96.6 cm³/mol. The summed E-state index contributed by atoms with van der Waals surface area (Å²) < 4.78 is 40.1. The molecule has 1 amide bonds. The van der Waals surface area contributed by atoms with Crippen molar-refractivity contribution in [1.82, 2.24) is 9.62 Å². The van der Waals surface area contributed by atoms with Crippen LogP contribution in [0.2, 0.25) is 5.02 Å². The summed E-state index contributed by atoms with van der Waals surface area (Å²) in [6.07, 6.45) is 0.282. The van der Waals surface area contributed by atoms with Crippen LogP contribution in [0.5, 0.6) is 0 Å². The Kier molecular flexibility index (Phi) is 5.60. The van der Waals surface area contributed by atoms with E-state index < -0.39 is 10.0 Å². The molecule has 0 saturated carbocycles. The smallest absolute Gasteiger partial charge is 0.240 e. The highest BCUT2D eigenvalue weighted by molar-refractivity contribution is 7.89. The van der Waals surface area contributed by atoms with Gasteiger partial charge in [-0.3, -0.25) is 4.79 Å². The molecule has 0 aromatic heterocycles. The van der Waals surface area contributed by atoms with Crippen molar-refractivity contribution in [1.29, 1.82) is 0 Å². The standard InChI is InChI=1S/C18H18ClFN2O3S/c19-15-3-7-17(8-4-15)26(24,25)21-10-14-9-18(23)22(12-14)11-13-1-5-16(20)6-2-13/h1-8,14,21H,9-12H2/t14-/m0/s1. The van der Waals surface area contributed by atoms with E-state index in [0.717, 1.165) is 5.56 Å². The Morgan fingerprint density at radius 3 is 2.42 bits per heavy atom. The molecule has 0 aliphatic carbocycles. The minimum atomic E-state index is -3.64. The zero-order valence-corrected chi connectivity index (χ0v) is 15.4. The summed E-state index contributed by atoms with van der Waals surface area (Å²) in [4.78, 5) is 13.9. The van der Waals surface area contributed by atoms with Gasteiger partial charge in [-0.25, -0.2) is 17.5 Å². The number of likely N-dealkylation sites (tertiary alicyclic amines) is 1. The Morgan fingerprint density at radius 2 is 1.77 bits per heavy atom. The summed E-state index contributed by atoms with van der Waals surface area (Å²) >= 11 is 5.77. The van der Waals surface area contributed by atoms with Crippen LogP contribution in [0.3, 0.4) is 0 Å². The average molecular weight is 397 g/mol. The zero-order valence-electron chi connectivity index (χ0n) is 13.9. The van der Waals surface area contributed by atoms with Crippen molar-refractivity contribution in [3.05, 3.63) is 64.9 Å². The molecule has 8 heteroatoms. The third kappa shape index (κ3) is 4.60. The van der Waals surface area contributed by atoms with Crippen LogP contribution in [0.25, 0.3) is 0 Å². The van der Waals surface area contributed by atoms with Crippen LogP contribution in [0.4, 0.5) is 4.39 Å². The van der Waals surface area contributed by atoms with Gasteiger partial charge in [0.1, 0.15) is 5.82 Å². The fourth-order valence-corrected chi connectivity index (χ4v) is 4.12. The number of nitrogens with zero attached hydrogens (tertiary/aromatic N) is 1. The van der Waals surface area contributed by atoms with Gasteiger partial charge in [0.25, 0.3) is 0 Å². The SMILES string of the molecule is O=C1C[C@@H](CNS(=O)(=O)c2ccc(Cl)cc2)CN1Cc1ccc(F)cc1. The topological polar surface area (TPSA) is 66.5 Å². The molecule has 1 aliphatic rings. The summed E-state index contributed by atoms with van der Waals surface area (Å²) in [5.74, 6) is -0.467. The van der Waals surface area contributed by atoms with Gasteiger partial charge in [-0.15, -0.1) is 0 Å². The first-order valence-corrected chi connectivity index (χ1v) is 9.97. The predicted octanol–water partition coefficient (Wildman–Crippen LogP) is 2.81. The van der Waals surface area contributed by atoms with E-state index >= 15 is 0 Å². The maximum absolute atomic E-state index is 13.0. The van der Waals surface area contributed by atoms with Crippen molar-refractivity contribution < 1.29 is 17.6 Å². The van der Waals surface area contributed by atoms with Crippen molar-refractivity contribution in [2.24, 2.45) is 5.92 Å². The van der Waals surface area contributed by atoms with Crippen molar-refractivity contribution in [2.45, 2.75) is 17.9 Å². The fourth-order valence-electron chi connectivity index (χ4n) is 2.88. The minimum Gasteiger partial charge on any atom is -0.338 e. The normalized spacial score (nSPS) is 17.7. The van der Waals surface area contributed by atoms with E-state index in [4.69, 9.17) is 11.6 Å². The maximum Gasteiger partial charge on any atom is 0.240 e. The number of nitrogens with one attached hydrogen (secondary N) is 1. The first kappa shape index (κ1) is 18.8. The van der Waals surface area contributed by atoms with Gasteiger partial charge in [-0.2, -0.15) is 0 Å². The molecule has 2 aromatic carbocycles. The maximum atomic E-state index is 13.0. The molecule has 1 saturated heterocycles. The minimum absolute atomic E-state index is 0.0370. The van der Waals surface area contributed by atoms with Gasteiger partial charge in [-0.05, 0) is 47.9 Å². The van der Waals surface area contributed by atoms with Crippen LogP contribution in [-0.2, 0) is 21.4 Å². The van der Waals surface area contributed by atoms with Crippen LogP contribution >= 0.6 is 11.6 Å². The highest BCUT2D eigenvalue weighted by Gasteiger charge is 2.30. The van der Waals surface area contributed by atoms with Crippen LogP contribution in [0.1, 0.15) is 12.0 Å². The van der Waals surface area contributed by atoms with Crippen LogP contribution in [0.15, 0.2) is 53.4 Å². The lowest BCUT2D eigenvalue weighted by molar-refractivity contribution is -0.128. The van der Waals surface area contributed by atoms with Crippen molar-refractivity contribution >= 4 is 27.5 Å². The van der Waals surface area contributed by atoms with Gasteiger partial charge in [0.05, 0.1) is 4.90 Å². The van der Waals surface area contributed by atoms with E-state index in [2.05, 4.69) is 4.72 Å². The summed E-state index contributed by atoms with van der Waals surface area (Å²) in [6, 6.07) is 11.9. The number of benzene rings is 2. The third-order valence-electron chi connectivity index (χ3n) is 4.27. The Hall–Kier alpha value is -1.96. The second-order valence-electron chi connectivity index (χ2n) is 6.28. The number of rotatable bonds is 6. The second-order valence-corrected chi connectivity index (χ2v) is 8.48. The number of hydrogen-bond acceptors (Lipinski definition) is 3. The molecule has 5 nitrogen and oxygen atoms in total. The van der Waals surface area contributed by atoms with Crippen molar-refractivity contribution in [2.75, 3.05) is 13.1 Å². The van der Waals surface area contributed by atoms with Gasteiger partial charge < -0.3 is 4.90 Å². The number of amides is 1. The lowest BCUT2D eigenvalue weighted by Crippen LogP contribution is -2.31. The number of sulfonamides is 1. The van der Waals surface area contributed by atoms with Crippen LogP contribution in [0, 0.1) is 11.7 Å². The first-order valence-electron chi connectivity index (χ1n) is 8.11. The van der Waals surface area contributed by atoms with Gasteiger partial charge >= 0.3 is 0 Å². The number of hydrogen-bond donors (Lipinski definition) is 1. The Bertz CT molecular complexity index is 886. The quantitative estimate of drug-likeness (QED) is 0.816.